The van der Waals surface area contributed by atoms with Crippen LogP contribution >= 0.6 is 23.2 Å². The Morgan fingerprint density at radius 3 is 2.54 bits per heavy atom. The Hall–Kier alpha value is -3.34. The van der Waals surface area contributed by atoms with Gasteiger partial charge < -0.3 is 10.4 Å². The van der Waals surface area contributed by atoms with E-state index in [2.05, 4.69) is 20.5 Å². The first-order chi connectivity index (χ1) is 16.6. The molecule has 0 aliphatic carbocycles. The highest BCUT2D eigenvalue weighted by molar-refractivity contribution is 6.37. The van der Waals surface area contributed by atoms with Gasteiger partial charge in [0.1, 0.15) is 35.6 Å². The van der Waals surface area contributed by atoms with Crippen LogP contribution in [0, 0.1) is 18.6 Å². The fourth-order valence-electron chi connectivity index (χ4n) is 3.80. The van der Waals surface area contributed by atoms with Gasteiger partial charge in [-0.25, -0.2) is 23.1 Å². The number of amides is 1. The Kier molecular flexibility index (Phi) is 6.88. The molecule has 4 aromatic rings. The van der Waals surface area contributed by atoms with Crippen LogP contribution < -0.4 is 5.32 Å². The molecule has 2 aromatic heterocycles. The molecule has 0 aliphatic rings. The molecule has 182 valence electrons. The molecular weight excluding hydrogens is 501 g/mol. The van der Waals surface area contributed by atoms with Crippen molar-refractivity contribution in [2.75, 3.05) is 0 Å². The largest absolute Gasteiger partial charge is 0.381 e. The zero-order chi connectivity index (χ0) is 25.3. The first-order valence-corrected chi connectivity index (χ1v) is 11.2. The lowest BCUT2D eigenvalue weighted by molar-refractivity contribution is -0.0186. The van der Waals surface area contributed by atoms with E-state index in [1.807, 2.05) is 0 Å². The van der Waals surface area contributed by atoms with Gasteiger partial charge in [0.05, 0.1) is 40.1 Å². The van der Waals surface area contributed by atoms with E-state index in [-0.39, 0.29) is 17.7 Å². The summed E-state index contributed by atoms with van der Waals surface area (Å²) in [6.45, 7) is 2.90. The lowest BCUT2D eigenvalue weighted by Gasteiger charge is -2.35. The zero-order valence-electron chi connectivity index (χ0n) is 18.6. The quantitative estimate of drug-likeness (QED) is 0.382. The van der Waals surface area contributed by atoms with Crippen molar-refractivity contribution in [1.82, 2.24) is 29.9 Å². The summed E-state index contributed by atoms with van der Waals surface area (Å²) in [5, 5.41) is 23.2. The van der Waals surface area contributed by atoms with E-state index in [4.69, 9.17) is 23.2 Å². The monoisotopic (exact) mass is 520 g/mol. The Labute approximate surface area is 209 Å². The molecule has 0 saturated carbocycles. The Bertz CT molecular complexity index is 1360. The van der Waals surface area contributed by atoms with Crippen LogP contribution in [0.1, 0.15) is 28.5 Å². The fraction of sp³-hybridized carbons (Fsp3) is 0.217. The summed E-state index contributed by atoms with van der Waals surface area (Å²) in [7, 11) is 0. The number of nitrogens with one attached hydrogen (secondary N) is 1. The minimum absolute atomic E-state index is 0.190. The summed E-state index contributed by atoms with van der Waals surface area (Å²) < 4.78 is 31.0. The molecule has 0 spiro atoms. The molecule has 0 saturated heterocycles. The first kappa shape index (κ1) is 24.8. The maximum absolute atomic E-state index is 14.7. The van der Waals surface area contributed by atoms with Crippen LogP contribution in [0.25, 0.3) is 5.69 Å². The Morgan fingerprint density at radius 1 is 1.20 bits per heavy atom. The van der Waals surface area contributed by atoms with Crippen LogP contribution in [0.4, 0.5) is 8.78 Å². The van der Waals surface area contributed by atoms with E-state index in [0.29, 0.717) is 27.5 Å². The molecule has 2 aromatic carbocycles. The van der Waals surface area contributed by atoms with E-state index in [9.17, 15) is 18.7 Å². The van der Waals surface area contributed by atoms with Gasteiger partial charge in [0.25, 0.3) is 5.91 Å². The highest BCUT2D eigenvalue weighted by Crippen LogP contribution is 2.32. The molecular formula is C23H20Cl2F2N6O2. The molecule has 2 heterocycles. The lowest BCUT2D eigenvalue weighted by Crippen LogP contribution is -2.52. The molecule has 12 heteroatoms. The van der Waals surface area contributed by atoms with Gasteiger partial charge in [-0.3, -0.25) is 4.79 Å². The van der Waals surface area contributed by atoms with Crippen molar-refractivity contribution in [3.8, 4) is 5.69 Å². The van der Waals surface area contributed by atoms with Gasteiger partial charge in [-0.2, -0.15) is 10.2 Å². The van der Waals surface area contributed by atoms with Crippen LogP contribution in [0.15, 0.2) is 55.2 Å². The molecule has 35 heavy (non-hydrogen) atoms. The van der Waals surface area contributed by atoms with Crippen molar-refractivity contribution in [2.45, 2.75) is 32.0 Å². The molecule has 0 bridgehead atoms. The third-order valence-corrected chi connectivity index (χ3v) is 6.34. The van der Waals surface area contributed by atoms with Crippen molar-refractivity contribution in [2.24, 2.45) is 0 Å². The van der Waals surface area contributed by atoms with Crippen LogP contribution in [0.3, 0.4) is 0 Å². The first-order valence-electron chi connectivity index (χ1n) is 10.4. The maximum Gasteiger partial charge on any atom is 0.255 e. The number of aliphatic hydroxyl groups is 1. The van der Waals surface area contributed by atoms with Crippen LogP contribution in [-0.4, -0.2) is 41.6 Å². The fourth-order valence-corrected chi connectivity index (χ4v) is 4.36. The summed E-state index contributed by atoms with van der Waals surface area (Å²) in [6, 6.07) is 6.75. The number of halogens is 4. The second-order valence-electron chi connectivity index (χ2n) is 7.96. The Balaban J connectivity index is 1.66. The molecule has 0 fully saturated rings. The lowest BCUT2D eigenvalue weighted by atomic mass is 9.86. The molecule has 4 rings (SSSR count). The van der Waals surface area contributed by atoms with E-state index in [0.717, 1.165) is 12.1 Å². The van der Waals surface area contributed by atoms with E-state index < -0.39 is 29.2 Å². The number of aromatic nitrogens is 5. The molecule has 2 N–H and O–H groups in total. The number of benzene rings is 2. The number of carbonyl (C=O) groups excluding carboxylic acids is 1. The minimum Gasteiger partial charge on any atom is -0.381 e. The molecule has 1 amide bonds. The van der Waals surface area contributed by atoms with Crippen molar-refractivity contribution in [3.05, 3.63) is 93.8 Å². The van der Waals surface area contributed by atoms with Crippen molar-refractivity contribution < 1.29 is 18.7 Å². The summed E-state index contributed by atoms with van der Waals surface area (Å²) in [5.74, 6) is -2.35. The summed E-state index contributed by atoms with van der Waals surface area (Å²) in [4.78, 5) is 17.0. The predicted octanol–water partition coefficient (Wildman–Crippen LogP) is 4.06. The maximum atomic E-state index is 14.7. The topological polar surface area (TPSA) is 97.9 Å². The summed E-state index contributed by atoms with van der Waals surface area (Å²) in [6.07, 6.45) is 3.93. The van der Waals surface area contributed by atoms with Crippen LogP contribution in [-0.2, 0) is 12.1 Å². The van der Waals surface area contributed by atoms with Gasteiger partial charge in [0, 0.05) is 11.6 Å². The average Bonchev–Trinajstić information content (AvgIpc) is 3.43. The van der Waals surface area contributed by atoms with E-state index >= 15 is 0 Å². The molecule has 2 atom stereocenters. The van der Waals surface area contributed by atoms with Gasteiger partial charge >= 0.3 is 0 Å². The molecule has 8 nitrogen and oxygen atoms in total. The third kappa shape index (κ3) is 4.77. The predicted molar refractivity (Wildman–Crippen MR) is 126 cm³/mol. The third-order valence-electron chi connectivity index (χ3n) is 5.73. The average molecular weight is 521 g/mol. The highest BCUT2D eigenvalue weighted by Gasteiger charge is 2.40. The number of hydrogen-bond donors (Lipinski definition) is 2. The van der Waals surface area contributed by atoms with Gasteiger partial charge in [-0.05, 0) is 32.0 Å². The van der Waals surface area contributed by atoms with E-state index in [1.165, 1.54) is 35.1 Å². The van der Waals surface area contributed by atoms with Gasteiger partial charge in [-0.1, -0.05) is 35.3 Å². The van der Waals surface area contributed by atoms with Crippen molar-refractivity contribution in [1.29, 1.82) is 0 Å². The van der Waals surface area contributed by atoms with Crippen molar-refractivity contribution in [3.63, 3.8) is 0 Å². The summed E-state index contributed by atoms with van der Waals surface area (Å²) >= 11 is 12.6. The number of nitrogens with zero attached hydrogens (tertiary/aromatic N) is 5. The summed E-state index contributed by atoms with van der Waals surface area (Å²) in [5.41, 5.74) is -1.17. The second-order valence-corrected chi connectivity index (χ2v) is 8.78. The molecule has 0 aliphatic heterocycles. The SMILES string of the molecule is Cc1c(C(=O)NC(C)C(O)(Cn2cncn2)c2ccc(F)cc2F)cnn1-c1c(Cl)cccc1Cl. The number of rotatable bonds is 7. The van der Waals surface area contributed by atoms with Crippen molar-refractivity contribution >= 4 is 29.1 Å². The normalized spacial score (nSPS) is 13.9. The minimum atomic E-state index is -2.00. The number of carbonyl (C=O) groups is 1. The van der Waals surface area contributed by atoms with E-state index in [1.54, 1.807) is 25.1 Å². The van der Waals surface area contributed by atoms with Crippen LogP contribution in [0.5, 0.6) is 0 Å². The zero-order valence-corrected chi connectivity index (χ0v) is 20.1. The molecule has 2 unspecified atom stereocenters. The molecule has 0 radical (unpaired) electrons. The number of hydrogen-bond acceptors (Lipinski definition) is 5. The van der Waals surface area contributed by atoms with Crippen LogP contribution in [0.2, 0.25) is 10.0 Å². The number of para-hydroxylation sites is 1. The van der Waals surface area contributed by atoms with Gasteiger partial charge in [-0.15, -0.1) is 0 Å². The van der Waals surface area contributed by atoms with Gasteiger partial charge in [0.15, 0.2) is 0 Å². The highest BCUT2D eigenvalue weighted by atomic mass is 35.5. The smallest absolute Gasteiger partial charge is 0.255 e. The Morgan fingerprint density at radius 2 is 1.91 bits per heavy atom. The second kappa shape index (κ2) is 9.73. The standard InChI is InChI=1S/C23H20Cl2F2N6O2/c1-13-16(9-29-33(13)21-18(24)4-3-5-19(21)25)22(34)31-14(2)23(35,10-32-12-28-11-30-32)17-7-6-15(26)8-20(17)27/h3-9,11-12,14,35H,10H2,1-2H3,(H,31,34). The van der Waals surface area contributed by atoms with Gasteiger partial charge in [0.2, 0.25) is 0 Å².